The van der Waals surface area contributed by atoms with Crippen molar-refractivity contribution in [1.29, 1.82) is 0 Å². The van der Waals surface area contributed by atoms with Gasteiger partial charge in [-0.15, -0.1) is 0 Å². The zero-order valence-corrected chi connectivity index (χ0v) is 18.2. The number of hydrogen-bond donors (Lipinski definition) is 1. The van der Waals surface area contributed by atoms with Crippen LogP contribution in [0.15, 0.2) is 64.7 Å². The summed E-state index contributed by atoms with van der Waals surface area (Å²) in [4.78, 5) is 27.3. The van der Waals surface area contributed by atoms with E-state index in [1.807, 2.05) is 24.3 Å². The molecule has 32 heavy (non-hydrogen) atoms. The Labute approximate surface area is 185 Å². The normalized spacial score (nSPS) is 18.4. The lowest BCUT2D eigenvalue weighted by Crippen LogP contribution is -2.29. The van der Waals surface area contributed by atoms with Crippen LogP contribution in [-0.2, 0) is 15.0 Å². The molecule has 0 saturated carbocycles. The highest BCUT2D eigenvalue weighted by atomic mass is 19.1. The molecule has 6 nitrogen and oxygen atoms in total. The van der Waals surface area contributed by atoms with Crippen LogP contribution in [0.25, 0.3) is 5.76 Å². The summed E-state index contributed by atoms with van der Waals surface area (Å²) in [7, 11) is 0. The third-order valence-electron chi connectivity index (χ3n) is 5.52. The molecule has 1 aromatic heterocycles. The maximum Gasteiger partial charge on any atom is 0.301 e. The van der Waals surface area contributed by atoms with Crippen molar-refractivity contribution in [1.82, 2.24) is 5.16 Å². The van der Waals surface area contributed by atoms with Crippen LogP contribution in [0.4, 0.5) is 10.2 Å². The van der Waals surface area contributed by atoms with Crippen LogP contribution in [0.2, 0.25) is 0 Å². The van der Waals surface area contributed by atoms with E-state index in [1.54, 1.807) is 13.0 Å². The number of aliphatic hydroxyl groups is 1. The van der Waals surface area contributed by atoms with Crippen LogP contribution in [0.5, 0.6) is 0 Å². The average Bonchev–Trinajstić information content (AvgIpc) is 3.28. The fraction of sp³-hybridized carbons (Fsp3) is 0.240. The Morgan fingerprint density at radius 3 is 2.22 bits per heavy atom. The number of anilines is 1. The number of Topliss-reactive ketones (excluding diaryl/α,β-unsaturated/α-hetero) is 1. The van der Waals surface area contributed by atoms with Gasteiger partial charge in [0.15, 0.2) is 5.82 Å². The quantitative estimate of drug-likeness (QED) is 0.354. The Morgan fingerprint density at radius 2 is 1.69 bits per heavy atom. The summed E-state index contributed by atoms with van der Waals surface area (Å²) < 4.78 is 18.5. The van der Waals surface area contributed by atoms with E-state index >= 15 is 0 Å². The summed E-state index contributed by atoms with van der Waals surface area (Å²) in [5.74, 6) is -1.88. The fourth-order valence-electron chi connectivity index (χ4n) is 3.78. The van der Waals surface area contributed by atoms with Crippen molar-refractivity contribution >= 4 is 23.3 Å². The van der Waals surface area contributed by atoms with E-state index in [0.29, 0.717) is 11.3 Å². The number of ketones is 1. The van der Waals surface area contributed by atoms with Crippen LogP contribution in [0, 0.1) is 12.7 Å². The number of carbonyl (C=O) groups excluding carboxylic acids is 2. The first kappa shape index (κ1) is 21.5. The molecule has 1 fully saturated rings. The second kappa shape index (κ2) is 7.75. The minimum absolute atomic E-state index is 0.0856. The summed E-state index contributed by atoms with van der Waals surface area (Å²) in [6.45, 7) is 7.93. The highest BCUT2D eigenvalue weighted by Crippen LogP contribution is 2.42. The molecule has 1 saturated heterocycles. The number of carbonyl (C=O) groups is 2. The number of rotatable bonds is 3. The molecule has 2 aromatic carbocycles. The molecule has 4 rings (SSSR count). The number of amides is 1. The average molecular weight is 434 g/mol. The molecule has 3 aromatic rings. The lowest BCUT2D eigenvalue weighted by Gasteiger charge is -2.24. The van der Waals surface area contributed by atoms with Crippen molar-refractivity contribution in [3.63, 3.8) is 0 Å². The zero-order chi connectivity index (χ0) is 23.2. The molecule has 0 spiro atoms. The van der Waals surface area contributed by atoms with Crippen molar-refractivity contribution in [3.05, 3.63) is 88.4 Å². The maximum absolute atomic E-state index is 13.4. The summed E-state index contributed by atoms with van der Waals surface area (Å²) in [5.41, 5.74) is 1.76. The van der Waals surface area contributed by atoms with Crippen molar-refractivity contribution in [3.8, 4) is 0 Å². The van der Waals surface area contributed by atoms with Crippen molar-refractivity contribution < 1.29 is 23.6 Å². The van der Waals surface area contributed by atoms with Gasteiger partial charge in [0.05, 0.1) is 11.6 Å². The topological polar surface area (TPSA) is 83.6 Å². The van der Waals surface area contributed by atoms with Gasteiger partial charge in [0.1, 0.15) is 17.3 Å². The molecule has 1 aliphatic heterocycles. The lowest BCUT2D eigenvalue weighted by molar-refractivity contribution is -0.132. The Morgan fingerprint density at radius 1 is 1.06 bits per heavy atom. The van der Waals surface area contributed by atoms with Crippen LogP contribution < -0.4 is 4.90 Å². The minimum atomic E-state index is -0.918. The molecule has 1 amide bonds. The smallest absolute Gasteiger partial charge is 0.301 e. The number of aliphatic hydroxyl groups excluding tert-OH is 1. The monoisotopic (exact) mass is 434 g/mol. The van der Waals surface area contributed by atoms with Gasteiger partial charge >= 0.3 is 5.91 Å². The molecule has 1 atom stereocenters. The highest BCUT2D eigenvalue weighted by molar-refractivity contribution is 6.51. The molecule has 2 heterocycles. The van der Waals surface area contributed by atoms with Gasteiger partial charge in [0.2, 0.25) is 0 Å². The van der Waals surface area contributed by atoms with E-state index in [9.17, 15) is 19.1 Å². The van der Waals surface area contributed by atoms with Gasteiger partial charge in [-0.25, -0.2) is 4.39 Å². The first-order valence-corrected chi connectivity index (χ1v) is 10.2. The van der Waals surface area contributed by atoms with Gasteiger partial charge in [-0.05, 0) is 47.7 Å². The van der Waals surface area contributed by atoms with Crippen molar-refractivity contribution in [2.75, 3.05) is 4.90 Å². The molecule has 0 aliphatic carbocycles. The van der Waals surface area contributed by atoms with Crippen LogP contribution in [0.1, 0.15) is 49.3 Å². The number of aryl methyl sites for hydroxylation is 1. The Balaban J connectivity index is 1.91. The van der Waals surface area contributed by atoms with E-state index in [1.165, 1.54) is 29.2 Å². The summed E-state index contributed by atoms with van der Waals surface area (Å²) in [6.07, 6.45) is 0. The molecule has 0 radical (unpaired) electrons. The molecular weight excluding hydrogens is 411 g/mol. The van der Waals surface area contributed by atoms with E-state index in [-0.39, 0.29) is 28.1 Å². The third kappa shape index (κ3) is 3.70. The zero-order valence-electron chi connectivity index (χ0n) is 18.2. The van der Waals surface area contributed by atoms with Gasteiger partial charge in [-0.3, -0.25) is 14.5 Å². The predicted molar refractivity (Wildman–Crippen MR) is 118 cm³/mol. The van der Waals surface area contributed by atoms with Crippen LogP contribution in [-0.4, -0.2) is 22.0 Å². The van der Waals surface area contributed by atoms with Crippen molar-refractivity contribution in [2.24, 2.45) is 0 Å². The number of benzene rings is 2. The number of hydrogen-bond acceptors (Lipinski definition) is 5. The lowest BCUT2D eigenvalue weighted by atomic mass is 9.85. The molecular formula is C25H23FN2O4. The molecule has 1 N–H and O–H groups in total. The first-order chi connectivity index (χ1) is 15.1. The van der Waals surface area contributed by atoms with E-state index in [4.69, 9.17) is 4.52 Å². The van der Waals surface area contributed by atoms with Gasteiger partial charge < -0.3 is 9.63 Å². The number of nitrogens with zero attached hydrogens (tertiary/aromatic N) is 2. The SMILES string of the molecule is Cc1cc(N2C(=O)C(=O)C(=C(O)c3ccc(F)cc3)[C@H]2c2ccc(C(C)(C)C)cc2)no1. The number of halogens is 1. The third-order valence-corrected chi connectivity index (χ3v) is 5.52. The number of aromatic nitrogens is 1. The molecule has 1 aliphatic rings. The van der Waals surface area contributed by atoms with Crippen LogP contribution in [0.3, 0.4) is 0 Å². The van der Waals surface area contributed by atoms with E-state index < -0.39 is 23.5 Å². The molecule has 7 heteroatoms. The molecule has 164 valence electrons. The predicted octanol–water partition coefficient (Wildman–Crippen LogP) is 5.05. The Bertz CT molecular complexity index is 1220. The molecule has 0 bridgehead atoms. The second-order valence-electron chi connectivity index (χ2n) is 8.84. The maximum atomic E-state index is 13.4. The van der Waals surface area contributed by atoms with Gasteiger partial charge in [0, 0.05) is 11.6 Å². The van der Waals surface area contributed by atoms with Gasteiger partial charge in [-0.1, -0.05) is 50.2 Å². The second-order valence-corrected chi connectivity index (χ2v) is 8.84. The Kier molecular flexibility index (Phi) is 5.20. The summed E-state index contributed by atoms with van der Waals surface area (Å²) in [6, 6.07) is 13.2. The Hall–Kier alpha value is -3.74. The largest absolute Gasteiger partial charge is 0.507 e. The summed E-state index contributed by atoms with van der Waals surface area (Å²) >= 11 is 0. The fourth-order valence-corrected chi connectivity index (χ4v) is 3.78. The standard InChI is InChI=1S/C25H23FN2O4/c1-14-13-19(27-32-14)28-21(15-5-9-17(10-6-15)25(2,3)4)20(23(30)24(28)31)22(29)16-7-11-18(26)12-8-16/h5-13,21,29H,1-4H3/t21-/m1/s1. The summed E-state index contributed by atoms with van der Waals surface area (Å²) in [5, 5.41) is 14.9. The van der Waals surface area contributed by atoms with E-state index in [0.717, 1.165) is 5.56 Å². The molecule has 0 unspecified atom stereocenters. The van der Waals surface area contributed by atoms with Crippen molar-refractivity contribution in [2.45, 2.75) is 39.2 Å². The first-order valence-electron chi connectivity index (χ1n) is 10.2. The minimum Gasteiger partial charge on any atom is -0.507 e. The van der Waals surface area contributed by atoms with Gasteiger partial charge in [0.25, 0.3) is 5.78 Å². The van der Waals surface area contributed by atoms with Crippen LogP contribution >= 0.6 is 0 Å². The van der Waals surface area contributed by atoms with Gasteiger partial charge in [-0.2, -0.15) is 0 Å². The van der Waals surface area contributed by atoms with E-state index in [2.05, 4.69) is 25.9 Å². The highest BCUT2D eigenvalue weighted by Gasteiger charge is 2.48.